The van der Waals surface area contributed by atoms with Gasteiger partial charge in [-0.25, -0.2) is 0 Å². The SMILES string of the molecule is CC(C)=CCN1C(=O)[C@H]2CC[C@@H]1CN(C(=O)Cn1ncc3ccccc31)C2. The normalized spacial score (nSPS) is 22.2. The molecule has 5 rings (SSSR count). The number of amides is 2. The average molecular weight is 366 g/mol. The molecule has 1 aromatic carbocycles. The van der Waals surface area contributed by atoms with Crippen LogP contribution in [0.25, 0.3) is 10.9 Å². The molecule has 2 atom stereocenters. The highest BCUT2D eigenvalue weighted by molar-refractivity contribution is 5.84. The van der Waals surface area contributed by atoms with E-state index in [9.17, 15) is 9.59 Å². The Labute approximate surface area is 159 Å². The summed E-state index contributed by atoms with van der Waals surface area (Å²) in [5.74, 6) is 0.161. The minimum Gasteiger partial charge on any atom is -0.338 e. The summed E-state index contributed by atoms with van der Waals surface area (Å²) in [6, 6.07) is 8.01. The summed E-state index contributed by atoms with van der Waals surface area (Å²) in [7, 11) is 0. The molecule has 27 heavy (non-hydrogen) atoms. The highest BCUT2D eigenvalue weighted by atomic mass is 16.2. The van der Waals surface area contributed by atoms with E-state index >= 15 is 0 Å². The van der Waals surface area contributed by atoms with Crippen LogP contribution in [0.2, 0.25) is 0 Å². The van der Waals surface area contributed by atoms with Crippen molar-refractivity contribution in [2.24, 2.45) is 5.92 Å². The molecule has 3 aliphatic heterocycles. The zero-order valence-corrected chi connectivity index (χ0v) is 16.0. The predicted octanol–water partition coefficient (Wildman–Crippen LogP) is 2.45. The van der Waals surface area contributed by atoms with Gasteiger partial charge in [0.1, 0.15) is 6.54 Å². The maximum absolute atomic E-state index is 13.0. The number of hydrogen-bond acceptors (Lipinski definition) is 3. The second-order valence-electron chi connectivity index (χ2n) is 7.86. The third-order valence-electron chi connectivity index (χ3n) is 5.68. The van der Waals surface area contributed by atoms with Gasteiger partial charge in [0.25, 0.3) is 0 Å². The van der Waals surface area contributed by atoms with Crippen molar-refractivity contribution in [2.45, 2.75) is 39.3 Å². The van der Waals surface area contributed by atoms with Gasteiger partial charge in [0.05, 0.1) is 17.6 Å². The molecule has 3 aliphatic rings. The zero-order valence-electron chi connectivity index (χ0n) is 16.0. The van der Waals surface area contributed by atoms with Crippen molar-refractivity contribution < 1.29 is 9.59 Å². The molecule has 0 N–H and O–H groups in total. The second-order valence-corrected chi connectivity index (χ2v) is 7.86. The fourth-order valence-corrected chi connectivity index (χ4v) is 4.15. The van der Waals surface area contributed by atoms with E-state index in [-0.39, 0.29) is 30.3 Å². The number of para-hydroxylation sites is 1. The van der Waals surface area contributed by atoms with E-state index in [1.807, 2.05) is 47.9 Å². The molecule has 3 saturated heterocycles. The molecule has 0 aliphatic carbocycles. The highest BCUT2D eigenvalue weighted by Gasteiger charge is 2.41. The quantitative estimate of drug-likeness (QED) is 0.781. The van der Waals surface area contributed by atoms with Gasteiger partial charge in [-0.3, -0.25) is 14.3 Å². The molecular formula is C21H26N4O2. The lowest BCUT2D eigenvalue weighted by molar-refractivity contribution is -0.139. The van der Waals surface area contributed by atoms with Crippen molar-refractivity contribution in [3.8, 4) is 0 Å². The monoisotopic (exact) mass is 366 g/mol. The standard InChI is InChI=1S/C21H26N4O2/c1-15(2)9-10-24-18-8-7-17(21(24)27)12-23(13-18)20(26)14-25-19-6-4-3-5-16(19)11-22-25/h3-6,9,11,17-18H,7-8,10,12-14H2,1-2H3/t17-,18+/m0/s1. The van der Waals surface area contributed by atoms with Gasteiger partial charge in [0, 0.05) is 31.1 Å². The molecule has 0 spiro atoms. The molecule has 0 saturated carbocycles. The average Bonchev–Trinajstić information content (AvgIpc) is 2.85. The molecular weight excluding hydrogens is 340 g/mol. The number of nitrogens with zero attached hydrogens (tertiary/aromatic N) is 4. The van der Waals surface area contributed by atoms with Crippen LogP contribution in [-0.4, -0.2) is 57.1 Å². The summed E-state index contributed by atoms with van der Waals surface area (Å²) in [5, 5.41) is 5.40. The number of hydrogen-bond donors (Lipinski definition) is 0. The van der Waals surface area contributed by atoms with Crippen LogP contribution in [0.5, 0.6) is 0 Å². The number of fused-ring (bicyclic) bond motifs is 5. The molecule has 4 heterocycles. The summed E-state index contributed by atoms with van der Waals surface area (Å²) in [4.78, 5) is 29.6. The highest BCUT2D eigenvalue weighted by Crippen LogP contribution is 2.29. The lowest BCUT2D eigenvalue weighted by atomic mass is 9.94. The Bertz CT molecular complexity index is 896. The summed E-state index contributed by atoms with van der Waals surface area (Å²) < 4.78 is 1.76. The predicted molar refractivity (Wildman–Crippen MR) is 104 cm³/mol. The summed E-state index contributed by atoms with van der Waals surface area (Å²) in [5.41, 5.74) is 2.17. The van der Waals surface area contributed by atoms with Crippen LogP contribution in [0.4, 0.5) is 0 Å². The van der Waals surface area contributed by atoms with Gasteiger partial charge < -0.3 is 9.80 Å². The van der Waals surface area contributed by atoms with Crippen molar-refractivity contribution in [3.63, 3.8) is 0 Å². The number of piperidine rings is 1. The summed E-state index contributed by atoms with van der Waals surface area (Å²) in [6.07, 6.45) is 5.74. The third kappa shape index (κ3) is 3.48. The van der Waals surface area contributed by atoms with E-state index in [0.29, 0.717) is 19.6 Å². The van der Waals surface area contributed by atoms with E-state index in [1.165, 1.54) is 5.57 Å². The molecule has 6 nitrogen and oxygen atoms in total. The summed E-state index contributed by atoms with van der Waals surface area (Å²) in [6.45, 7) is 6.11. The molecule has 2 aromatic rings. The topological polar surface area (TPSA) is 58.4 Å². The van der Waals surface area contributed by atoms with Crippen LogP contribution >= 0.6 is 0 Å². The van der Waals surface area contributed by atoms with Crippen molar-refractivity contribution in [1.82, 2.24) is 19.6 Å². The molecule has 2 amide bonds. The van der Waals surface area contributed by atoms with Crippen LogP contribution in [0, 0.1) is 5.92 Å². The Morgan fingerprint density at radius 3 is 2.85 bits per heavy atom. The van der Waals surface area contributed by atoms with E-state index < -0.39 is 0 Å². The van der Waals surface area contributed by atoms with Crippen molar-refractivity contribution >= 4 is 22.7 Å². The second kappa shape index (κ2) is 7.18. The first-order chi connectivity index (χ1) is 13.0. The summed E-state index contributed by atoms with van der Waals surface area (Å²) >= 11 is 0. The Morgan fingerprint density at radius 2 is 2.04 bits per heavy atom. The van der Waals surface area contributed by atoms with E-state index in [0.717, 1.165) is 23.7 Å². The number of rotatable bonds is 4. The van der Waals surface area contributed by atoms with Crippen molar-refractivity contribution in [2.75, 3.05) is 19.6 Å². The van der Waals surface area contributed by atoms with E-state index in [1.54, 1.807) is 10.9 Å². The van der Waals surface area contributed by atoms with Gasteiger partial charge in [-0.05, 0) is 32.8 Å². The van der Waals surface area contributed by atoms with Crippen molar-refractivity contribution in [3.05, 3.63) is 42.1 Å². The number of allylic oxidation sites excluding steroid dienone is 1. The van der Waals surface area contributed by atoms with Crippen LogP contribution in [0.3, 0.4) is 0 Å². The van der Waals surface area contributed by atoms with E-state index in [2.05, 4.69) is 11.2 Å². The first-order valence-corrected chi connectivity index (χ1v) is 9.65. The smallest absolute Gasteiger partial charge is 0.244 e. The first-order valence-electron chi connectivity index (χ1n) is 9.65. The number of carbonyl (C=O) groups excluding carboxylic acids is 2. The minimum absolute atomic E-state index is 0.0395. The maximum Gasteiger partial charge on any atom is 0.244 e. The number of benzene rings is 1. The molecule has 6 heteroatoms. The van der Waals surface area contributed by atoms with Gasteiger partial charge in [-0.2, -0.15) is 5.10 Å². The fourth-order valence-electron chi connectivity index (χ4n) is 4.15. The number of carbonyl (C=O) groups is 2. The maximum atomic E-state index is 13.0. The van der Waals surface area contributed by atoms with Gasteiger partial charge in [-0.15, -0.1) is 0 Å². The van der Waals surface area contributed by atoms with Gasteiger partial charge in [-0.1, -0.05) is 29.8 Å². The molecule has 142 valence electrons. The molecule has 0 radical (unpaired) electrons. The van der Waals surface area contributed by atoms with Crippen LogP contribution in [-0.2, 0) is 16.1 Å². The van der Waals surface area contributed by atoms with Crippen LogP contribution in [0.15, 0.2) is 42.1 Å². The Morgan fingerprint density at radius 1 is 1.22 bits per heavy atom. The lowest BCUT2D eigenvalue weighted by Gasteiger charge is -2.35. The molecule has 1 aromatic heterocycles. The van der Waals surface area contributed by atoms with Gasteiger partial charge >= 0.3 is 0 Å². The first kappa shape index (κ1) is 17.8. The molecule has 2 bridgehead atoms. The molecule has 3 fully saturated rings. The zero-order chi connectivity index (χ0) is 19.0. The van der Waals surface area contributed by atoms with Gasteiger partial charge in [0.15, 0.2) is 0 Å². The lowest BCUT2D eigenvalue weighted by Crippen LogP contribution is -2.48. The molecule has 0 unspecified atom stereocenters. The number of aromatic nitrogens is 2. The third-order valence-corrected chi connectivity index (χ3v) is 5.68. The van der Waals surface area contributed by atoms with Gasteiger partial charge in [0.2, 0.25) is 11.8 Å². The van der Waals surface area contributed by atoms with Crippen LogP contribution < -0.4 is 0 Å². The largest absolute Gasteiger partial charge is 0.338 e. The van der Waals surface area contributed by atoms with Crippen LogP contribution in [0.1, 0.15) is 26.7 Å². The minimum atomic E-state index is -0.0763. The fraction of sp³-hybridized carbons (Fsp3) is 0.476. The Kier molecular flexibility index (Phi) is 4.72. The van der Waals surface area contributed by atoms with E-state index in [4.69, 9.17) is 0 Å². The van der Waals surface area contributed by atoms with Crippen molar-refractivity contribution in [1.29, 1.82) is 0 Å². The Hall–Kier alpha value is -2.63. The Balaban J connectivity index is 1.50.